The minimum absolute atomic E-state index is 0.129. The van der Waals surface area contributed by atoms with Gasteiger partial charge in [-0.25, -0.2) is 0 Å². The Hall–Kier alpha value is -0.720. The lowest BCUT2D eigenvalue weighted by atomic mass is 10.5. The van der Waals surface area contributed by atoms with Crippen LogP contribution >= 0.6 is 23.2 Å². The Kier molecular flexibility index (Phi) is 3.85. The summed E-state index contributed by atoms with van der Waals surface area (Å²) in [6, 6.07) is 1.62. The molecule has 1 amide bonds. The molecule has 1 N–H and O–H groups in total. The molecule has 0 bridgehead atoms. The SMILES string of the molecule is CC(=O)NC(C#N)=C(Cl)Cl. The molecule has 0 atom stereocenters. The maximum Gasteiger partial charge on any atom is 0.221 e. The Labute approximate surface area is 68.2 Å². The fraction of sp³-hybridized carbons (Fsp3) is 0.200. The van der Waals surface area contributed by atoms with E-state index in [0.29, 0.717) is 0 Å². The van der Waals surface area contributed by atoms with E-state index in [0.717, 1.165) is 0 Å². The van der Waals surface area contributed by atoms with Crippen LogP contribution in [0.2, 0.25) is 0 Å². The Morgan fingerprint density at radius 3 is 2.20 bits per heavy atom. The summed E-state index contributed by atoms with van der Waals surface area (Å²) in [4.78, 5) is 10.3. The van der Waals surface area contributed by atoms with E-state index in [1.807, 2.05) is 0 Å². The van der Waals surface area contributed by atoms with Gasteiger partial charge >= 0.3 is 0 Å². The maximum atomic E-state index is 10.3. The van der Waals surface area contributed by atoms with Crippen molar-refractivity contribution in [1.82, 2.24) is 5.32 Å². The number of allylic oxidation sites excluding steroid dienone is 1. The van der Waals surface area contributed by atoms with Gasteiger partial charge in [0.15, 0.2) is 5.70 Å². The van der Waals surface area contributed by atoms with E-state index in [-0.39, 0.29) is 16.1 Å². The van der Waals surface area contributed by atoms with Crippen molar-refractivity contribution >= 4 is 29.1 Å². The average Bonchev–Trinajstić information content (AvgIpc) is 1.81. The Morgan fingerprint density at radius 1 is 1.60 bits per heavy atom. The monoisotopic (exact) mass is 178 g/mol. The Bertz CT molecular complexity index is 212. The van der Waals surface area contributed by atoms with Crippen LogP contribution in [0, 0.1) is 11.3 Å². The molecule has 0 saturated carbocycles. The summed E-state index contributed by atoms with van der Waals surface area (Å²) in [7, 11) is 0. The molecule has 3 nitrogen and oxygen atoms in total. The molecule has 0 aromatic rings. The number of halogens is 2. The van der Waals surface area contributed by atoms with E-state index < -0.39 is 0 Å². The molecule has 0 spiro atoms. The van der Waals surface area contributed by atoms with Crippen molar-refractivity contribution in [1.29, 1.82) is 5.26 Å². The van der Waals surface area contributed by atoms with E-state index in [4.69, 9.17) is 28.5 Å². The van der Waals surface area contributed by atoms with Crippen LogP contribution < -0.4 is 5.32 Å². The molecule has 0 aromatic heterocycles. The molecule has 0 saturated heterocycles. The summed E-state index contributed by atoms with van der Waals surface area (Å²) >= 11 is 10.4. The standard InChI is InChI=1S/C5H4Cl2N2O/c1-3(10)9-4(2-8)5(6)7/h1H3,(H,9,10). The average molecular weight is 179 g/mol. The number of nitriles is 1. The first-order valence-corrected chi connectivity index (χ1v) is 3.06. The zero-order chi connectivity index (χ0) is 8.15. The molecule has 0 unspecified atom stereocenters. The summed E-state index contributed by atoms with van der Waals surface area (Å²) < 4.78 is -0.238. The lowest BCUT2D eigenvalue weighted by Gasteiger charge is -1.96. The number of nitrogens with zero attached hydrogens (tertiary/aromatic N) is 1. The first-order valence-electron chi connectivity index (χ1n) is 2.31. The van der Waals surface area contributed by atoms with Gasteiger partial charge in [-0.2, -0.15) is 5.26 Å². The second kappa shape index (κ2) is 4.15. The molecular formula is C5H4Cl2N2O. The summed E-state index contributed by atoms with van der Waals surface area (Å²) in [5.41, 5.74) is -0.129. The summed E-state index contributed by atoms with van der Waals surface area (Å²) in [6.07, 6.45) is 0. The molecule has 5 heteroatoms. The quantitative estimate of drug-likeness (QED) is 0.616. The lowest BCUT2D eigenvalue weighted by Crippen LogP contribution is -2.18. The van der Waals surface area contributed by atoms with Gasteiger partial charge in [0, 0.05) is 6.92 Å². The van der Waals surface area contributed by atoms with Crippen molar-refractivity contribution in [3.8, 4) is 6.07 Å². The van der Waals surface area contributed by atoms with E-state index in [2.05, 4.69) is 5.32 Å². The summed E-state index contributed by atoms with van der Waals surface area (Å²) in [6.45, 7) is 1.26. The van der Waals surface area contributed by atoms with Crippen molar-refractivity contribution in [2.75, 3.05) is 0 Å². The number of hydrogen-bond donors (Lipinski definition) is 1. The number of amides is 1. The van der Waals surface area contributed by atoms with E-state index in [1.165, 1.54) is 6.92 Å². The van der Waals surface area contributed by atoms with Gasteiger partial charge in [-0.3, -0.25) is 4.79 Å². The number of carbonyl (C=O) groups is 1. The number of carbonyl (C=O) groups excluding carboxylic acids is 1. The van der Waals surface area contributed by atoms with Crippen molar-refractivity contribution < 1.29 is 4.79 Å². The largest absolute Gasteiger partial charge is 0.316 e. The molecule has 0 rings (SSSR count). The van der Waals surface area contributed by atoms with E-state index in [1.54, 1.807) is 6.07 Å². The van der Waals surface area contributed by atoms with Crippen LogP contribution in [0.5, 0.6) is 0 Å². The Morgan fingerprint density at radius 2 is 2.10 bits per heavy atom. The highest BCUT2D eigenvalue weighted by atomic mass is 35.5. The molecule has 0 heterocycles. The highest BCUT2D eigenvalue weighted by molar-refractivity contribution is 6.56. The van der Waals surface area contributed by atoms with Gasteiger partial charge < -0.3 is 5.32 Å². The van der Waals surface area contributed by atoms with Gasteiger partial charge in [0.05, 0.1) is 0 Å². The predicted octanol–water partition coefficient (Wildman–Crippen LogP) is 1.29. The van der Waals surface area contributed by atoms with Crippen LogP contribution in [-0.4, -0.2) is 5.91 Å². The van der Waals surface area contributed by atoms with Crippen molar-refractivity contribution in [3.63, 3.8) is 0 Å². The van der Waals surface area contributed by atoms with Crippen molar-refractivity contribution in [3.05, 3.63) is 10.2 Å². The van der Waals surface area contributed by atoms with Crippen LogP contribution in [-0.2, 0) is 4.79 Å². The summed E-state index contributed by atoms with van der Waals surface area (Å²) in [5, 5.41) is 10.4. The highest BCUT2D eigenvalue weighted by Crippen LogP contribution is 2.10. The number of hydrogen-bond acceptors (Lipinski definition) is 2. The zero-order valence-corrected chi connectivity index (χ0v) is 6.62. The minimum atomic E-state index is -0.379. The second-order valence-electron chi connectivity index (χ2n) is 1.43. The minimum Gasteiger partial charge on any atom is -0.316 e. The first kappa shape index (κ1) is 9.28. The van der Waals surface area contributed by atoms with Crippen LogP contribution in [0.25, 0.3) is 0 Å². The maximum absolute atomic E-state index is 10.3. The third-order valence-electron chi connectivity index (χ3n) is 0.602. The predicted molar refractivity (Wildman–Crippen MR) is 38.2 cm³/mol. The molecule has 0 aliphatic carbocycles. The van der Waals surface area contributed by atoms with Gasteiger partial charge in [-0.1, -0.05) is 23.2 Å². The smallest absolute Gasteiger partial charge is 0.221 e. The third-order valence-corrected chi connectivity index (χ3v) is 0.980. The van der Waals surface area contributed by atoms with Crippen LogP contribution in [0.1, 0.15) is 6.92 Å². The normalized spacial score (nSPS) is 7.80. The third kappa shape index (κ3) is 3.33. The van der Waals surface area contributed by atoms with E-state index >= 15 is 0 Å². The van der Waals surface area contributed by atoms with Gasteiger partial charge in [0.2, 0.25) is 5.91 Å². The molecule has 0 fully saturated rings. The van der Waals surface area contributed by atoms with Crippen molar-refractivity contribution in [2.24, 2.45) is 0 Å². The lowest BCUT2D eigenvalue weighted by molar-refractivity contribution is -0.118. The molecule has 54 valence electrons. The summed E-state index contributed by atoms with van der Waals surface area (Å²) in [5.74, 6) is -0.379. The number of nitrogens with one attached hydrogen (secondary N) is 1. The van der Waals surface area contributed by atoms with Crippen molar-refractivity contribution in [2.45, 2.75) is 6.92 Å². The molecule has 0 aliphatic heterocycles. The van der Waals surface area contributed by atoms with Gasteiger partial charge in [-0.05, 0) is 0 Å². The molecule has 0 aliphatic rings. The van der Waals surface area contributed by atoms with Gasteiger partial charge in [0.25, 0.3) is 0 Å². The molecule has 0 radical (unpaired) electrons. The fourth-order valence-electron chi connectivity index (χ4n) is 0.293. The Balaban J connectivity index is 4.30. The first-order chi connectivity index (χ1) is 4.57. The van der Waals surface area contributed by atoms with Gasteiger partial charge in [-0.15, -0.1) is 0 Å². The van der Waals surface area contributed by atoms with E-state index in [9.17, 15) is 4.79 Å². The molecule has 10 heavy (non-hydrogen) atoms. The van der Waals surface area contributed by atoms with Crippen LogP contribution in [0.4, 0.5) is 0 Å². The van der Waals surface area contributed by atoms with Crippen LogP contribution in [0.15, 0.2) is 10.2 Å². The molecular weight excluding hydrogens is 175 g/mol. The molecule has 0 aromatic carbocycles. The van der Waals surface area contributed by atoms with Gasteiger partial charge in [0.1, 0.15) is 10.6 Å². The highest BCUT2D eigenvalue weighted by Gasteiger charge is 2.01. The van der Waals surface area contributed by atoms with Crippen LogP contribution in [0.3, 0.4) is 0 Å². The number of rotatable bonds is 1. The fourth-order valence-corrected chi connectivity index (χ4v) is 0.472. The second-order valence-corrected chi connectivity index (χ2v) is 2.38. The zero-order valence-electron chi connectivity index (χ0n) is 5.11. The topological polar surface area (TPSA) is 52.9 Å².